The van der Waals surface area contributed by atoms with Crippen LogP contribution in [-0.4, -0.2) is 49.5 Å². The van der Waals surface area contributed by atoms with Gasteiger partial charge in [-0.15, -0.1) is 0 Å². The topological polar surface area (TPSA) is 54.0 Å². The molecule has 1 aliphatic rings. The standard InChI is InChI=1S/C25H35ClN2O3/c1-30-24-11-10-21(17-27-16-20-8-7-9-22(26)14-20)15-25(24)31-19-23(29)18-28-12-5-3-2-4-6-13-28/h7-11,14-15,23,27,29H,2-6,12-13,16-19H2,1H3/t23-/m1/s1. The van der Waals surface area contributed by atoms with E-state index < -0.39 is 6.10 Å². The Hall–Kier alpha value is -1.79. The van der Waals surface area contributed by atoms with Crippen molar-refractivity contribution in [3.05, 3.63) is 58.6 Å². The maximum atomic E-state index is 10.5. The zero-order valence-electron chi connectivity index (χ0n) is 18.5. The van der Waals surface area contributed by atoms with Crippen LogP contribution in [0, 0.1) is 0 Å². The number of hydrogen-bond donors (Lipinski definition) is 2. The number of halogens is 1. The molecular formula is C25H35ClN2O3. The monoisotopic (exact) mass is 446 g/mol. The van der Waals surface area contributed by atoms with E-state index >= 15 is 0 Å². The highest BCUT2D eigenvalue weighted by molar-refractivity contribution is 6.30. The third kappa shape index (κ3) is 8.34. The summed E-state index contributed by atoms with van der Waals surface area (Å²) >= 11 is 6.05. The van der Waals surface area contributed by atoms with Crippen LogP contribution in [0.5, 0.6) is 11.5 Å². The molecule has 1 heterocycles. The number of methoxy groups -OCH3 is 1. The van der Waals surface area contributed by atoms with Crippen LogP contribution in [0.3, 0.4) is 0 Å². The highest BCUT2D eigenvalue weighted by atomic mass is 35.5. The van der Waals surface area contributed by atoms with Gasteiger partial charge >= 0.3 is 0 Å². The minimum absolute atomic E-state index is 0.256. The van der Waals surface area contributed by atoms with Crippen LogP contribution >= 0.6 is 11.6 Å². The number of aliphatic hydroxyl groups is 1. The first-order valence-electron chi connectivity index (χ1n) is 11.3. The summed E-state index contributed by atoms with van der Waals surface area (Å²) in [5, 5.41) is 14.7. The summed E-state index contributed by atoms with van der Waals surface area (Å²) in [7, 11) is 1.63. The molecule has 31 heavy (non-hydrogen) atoms. The molecule has 0 aromatic heterocycles. The quantitative estimate of drug-likeness (QED) is 0.556. The number of nitrogens with one attached hydrogen (secondary N) is 1. The second-order valence-electron chi connectivity index (χ2n) is 8.25. The third-order valence-corrected chi connectivity index (χ3v) is 5.86. The van der Waals surface area contributed by atoms with Crippen LogP contribution < -0.4 is 14.8 Å². The lowest BCUT2D eigenvalue weighted by Crippen LogP contribution is -2.37. The number of nitrogens with zero attached hydrogens (tertiary/aromatic N) is 1. The summed E-state index contributed by atoms with van der Waals surface area (Å²) < 4.78 is 11.4. The smallest absolute Gasteiger partial charge is 0.161 e. The molecule has 0 aliphatic carbocycles. The van der Waals surface area contributed by atoms with Gasteiger partial charge in [-0.2, -0.15) is 0 Å². The fourth-order valence-electron chi connectivity index (χ4n) is 3.97. The van der Waals surface area contributed by atoms with Crippen molar-refractivity contribution >= 4 is 11.6 Å². The molecule has 1 fully saturated rings. The molecule has 0 spiro atoms. The van der Waals surface area contributed by atoms with Gasteiger partial charge in [-0.3, -0.25) is 0 Å². The van der Waals surface area contributed by atoms with Crippen molar-refractivity contribution in [3.63, 3.8) is 0 Å². The van der Waals surface area contributed by atoms with Crippen LogP contribution in [-0.2, 0) is 13.1 Å². The fraction of sp³-hybridized carbons (Fsp3) is 0.520. The van der Waals surface area contributed by atoms with Crippen LogP contribution in [0.15, 0.2) is 42.5 Å². The average molecular weight is 447 g/mol. The normalized spacial score (nSPS) is 16.4. The number of ether oxygens (including phenoxy) is 2. The molecule has 1 atom stereocenters. The number of rotatable bonds is 10. The molecule has 0 amide bonds. The van der Waals surface area contributed by atoms with E-state index in [1.165, 1.54) is 32.1 Å². The molecule has 6 heteroatoms. The van der Waals surface area contributed by atoms with Crippen molar-refractivity contribution in [2.24, 2.45) is 0 Å². The third-order valence-electron chi connectivity index (χ3n) is 5.62. The van der Waals surface area contributed by atoms with Crippen molar-refractivity contribution in [1.82, 2.24) is 10.2 Å². The largest absolute Gasteiger partial charge is 0.493 e. The highest BCUT2D eigenvalue weighted by Gasteiger charge is 2.15. The zero-order valence-corrected chi connectivity index (χ0v) is 19.2. The Kier molecular flexibility index (Phi) is 9.94. The lowest BCUT2D eigenvalue weighted by molar-refractivity contribution is 0.0644. The van der Waals surface area contributed by atoms with Gasteiger partial charge in [0.15, 0.2) is 11.5 Å². The van der Waals surface area contributed by atoms with Crippen LogP contribution in [0.25, 0.3) is 0 Å². The molecule has 3 rings (SSSR count). The molecular weight excluding hydrogens is 412 g/mol. The molecule has 0 radical (unpaired) electrons. The Morgan fingerprint density at radius 2 is 1.68 bits per heavy atom. The minimum Gasteiger partial charge on any atom is -0.493 e. The lowest BCUT2D eigenvalue weighted by atomic mass is 10.1. The summed E-state index contributed by atoms with van der Waals surface area (Å²) in [6, 6.07) is 13.8. The Morgan fingerprint density at radius 1 is 0.968 bits per heavy atom. The van der Waals surface area contributed by atoms with Crippen LogP contribution in [0.4, 0.5) is 0 Å². The molecule has 1 saturated heterocycles. The summed E-state index contributed by atoms with van der Waals surface area (Å²) in [6.07, 6.45) is 5.83. The molecule has 5 nitrogen and oxygen atoms in total. The second-order valence-corrected chi connectivity index (χ2v) is 8.69. The van der Waals surface area contributed by atoms with Gasteiger partial charge in [-0.25, -0.2) is 0 Å². The summed E-state index contributed by atoms with van der Waals surface area (Å²) in [5.41, 5.74) is 2.24. The Labute approximate surface area is 191 Å². The maximum Gasteiger partial charge on any atom is 0.161 e. The number of hydrogen-bond acceptors (Lipinski definition) is 5. The van der Waals surface area contributed by atoms with E-state index in [9.17, 15) is 5.11 Å². The van der Waals surface area contributed by atoms with Gasteiger partial charge in [0.1, 0.15) is 12.7 Å². The predicted octanol–water partition coefficient (Wildman–Crippen LogP) is 4.64. The summed E-state index contributed by atoms with van der Waals surface area (Å²) in [6.45, 7) is 4.47. The van der Waals surface area contributed by atoms with Crippen molar-refractivity contribution < 1.29 is 14.6 Å². The van der Waals surface area contributed by atoms with Crippen molar-refractivity contribution in [2.45, 2.75) is 51.3 Å². The first-order valence-corrected chi connectivity index (χ1v) is 11.7. The molecule has 0 unspecified atom stereocenters. The van der Waals surface area contributed by atoms with E-state index in [0.29, 0.717) is 24.6 Å². The molecule has 2 N–H and O–H groups in total. The van der Waals surface area contributed by atoms with Gasteiger partial charge in [0.05, 0.1) is 7.11 Å². The van der Waals surface area contributed by atoms with E-state index in [2.05, 4.69) is 16.3 Å². The molecule has 2 aromatic carbocycles. The first kappa shape index (κ1) is 23.9. The molecule has 1 aliphatic heterocycles. The number of likely N-dealkylation sites (tertiary alicyclic amines) is 1. The predicted molar refractivity (Wildman–Crippen MR) is 126 cm³/mol. The molecule has 0 saturated carbocycles. The zero-order chi connectivity index (χ0) is 21.9. The van der Waals surface area contributed by atoms with Crippen molar-refractivity contribution in [3.8, 4) is 11.5 Å². The lowest BCUT2D eigenvalue weighted by Gasteiger charge is -2.26. The van der Waals surface area contributed by atoms with E-state index in [4.69, 9.17) is 21.1 Å². The summed E-state index contributed by atoms with van der Waals surface area (Å²) in [4.78, 5) is 2.36. The van der Waals surface area contributed by atoms with Gasteiger partial charge in [-0.1, -0.05) is 49.1 Å². The SMILES string of the molecule is COc1ccc(CNCc2cccc(Cl)c2)cc1OC[C@H](O)CN1CCCCCCC1. The Morgan fingerprint density at radius 3 is 2.39 bits per heavy atom. The minimum atomic E-state index is -0.520. The number of aliphatic hydroxyl groups excluding tert-OH is 1. The summed E-state index contributed by atoms with van der Waals surface area (Å²) in [5.74, 6) is 1.34. The van der Waals surface area contributed by atoms with Gasteiger partial charge in [0.25, 0.3) is 0 Å². The first-order chi connectivity index (χ1) is 15.1. The maximum absolute atomic E-state index is 10.5. The van der Waals surface area contributed by atoms with E-state index in [-0.39, 0.29) is 6.61 Å². The van der Waals surface area contributed by atoms with Crippen LogP contribution in [0.1, 0.15) is 43.2 Å². The van der Waals surface area contributed by atoms with Gasteiger partial charge in [-0.05, 0) is 61.3 Å². The van der Waals surface area contributed by atoms with Gasteiger partial charge in [0, 0.05) is 24.7 Å². The fourth-order valence-corrected chi connectivity index (χ4v) is 4.19. The van der Waals surface area contributed by atoms with E-state index in [1.54, 1.807) is 7.11 Å². The van der Waals surface area contributed by atoms with E-state index in [1.807, 2.05) is 36.4 Å². The van der Waals surface area contributed by atoms with Crippen molar-refractivity contribution in [2.75, 3.05) is 33.4 Å². The average Bonchev–Trinajstić information content (AvgIpc) is 2.74. The van der Waals surface area contributed by atoms with Crippen molar-refractivity contribution in [1.29, 1.82) is 0 Å². The molecule has 2 aromatic rings. The second kappa shape index (κ2) is 12.9. The number of benzene rings is 2. The molecule has 0 bridgehead atoms. The van der Waals surface area contributed by atoms with Gasteiger partial charge < -0.3 is 24.8 Å². The number of β-amino-alcohol motifs (C(OH)–C–C–N with tert-alkyl or cyclic N) is 1. The Bertz CT molecular complexity index is 794. The molecule has 170 valence electrons. The van der Waals surface area contributed by atoms with Gasteiger partial charge in [0.2, 0.25) is 0 Å². The Balaban J connectivity index is 1.49. The highest BCUT2D eigenvalue weighted by Crippen LogP contribution is 2.28. The van der Waals surface area contributed by atoms with E-state index in [0.717, 1.165) is 35.8 Å². The van der Waals surface area contributed by atoms with Crippen LogP contribution in [0.2, 0.25) is 5.02 Å².